The van der Waals surface area contributed by atoms with E-state index in [1.807, 2.05) is 24.3 Å². The van der Waals surface area contributed by atoms with Crippen molar-refractivity contribution in [2.45, 2.75) is 9.92 Å². The number of phenolic OH excluding ortho intramolecular Hbond substituents is 1. The molecule has 2 rings (SSSR count). The van der Waals surface area contributed by atoms with Crippen LogP contribution in [-0.2, 0) is 0 Å². The molecule has 1 heterocycles. The second kappa shape index (κ2) is 4.90. The van der Waals surface area contributed by atoms with Crippen LogP contribution in [0.5, 0.6) is 11.6 Å². The summed E-state index contributed by atoms with van der Waals surface area (Å²) in [5.74, 6) is 0.831. The van der Waals surface area contributed by atoms with Gasteiger partial charge in [-0.15, -0.1) is 0 Å². The highest BCUT2D eigenvalue weighted by Gasteiger charge is 2.04. The number of ether oxygens (including phenoxy) is 1. The molecule has 0 radical (unpaired) electrons. The summed E-state index contributed by atoms with van der Waals surface area (Å²) >= 11 is 1.40. The van der Waals surface area contributed by atoms with Gasteiger partial charge in [0.1, 0.15) is 10.8 Å². The third kappa shape index (κ3) is 2.46. The maximum Gasteiger partial charge on any atom is 0.213 e. The Morgan fingerprint density at radius 3 is 2.69 bits per heavy atom. The second-order valence-corrected chi connectivity index (χ2v) is 4.15. The number of para-hydroxylation sites is 1. The molecule has 0 amide bonds. The Kier molecular flexibility index (Phi) is 3.31. The van der Waals surface area contributed by atoms with E-state index in [4.69, 9.17) is 4.74 Å². The summed E-state index contributed by atoms with van der Waals surface area (Å²) < 4.78 is 5.04. The summed E-state index contributed by atoms with van der Waals surface area (Å²) in [5.41, 5.74) is 0. The Hall–Kier alpha value is -1.68. The van der Waals surface area contributed by atoms with Crippen LogP contribution in [0.15, 0.2) is 52.4 Å². The quantitative estimate of drug-likeness (QED) is 0.885. The number of benzene rings is 1. The Balaban J connectivity index is 2.24. The molecular formula is C12H11NO2S. The second-order valence-electron chi connectivity index (χ2n) is 3.09. The van der Waals surface area contributed by atoms with Crippen LogP contribution in [0.1, 0.15) is 0 Å². The SMILES string of the molecule is COc1cccc(Sc2ccccc2O)n1. The van der Waals surface area contributed by atoms with Gasteiger partial charge in [-0.3, -0.25) is 0 Å². The van der Waals surface area contributed by atoms with Crippen LogP contribution >= 0.6 is 11.8 Å². The van der Waals surface area contributed by atoms with Gasteiger partial charge in [-0.1, -0.05) is 30.0 Å². The minimum Gasteiger partial charge on any atom is -0.507 e. The molecule has 1 aromatic heterocycles. The van der Waals surface area contributed by atoms with Crippen LogP contribution in [-0.4, -0.2) is 17.2 Å². The standard InChI is InChI=1S/C12H11NO2S/c1-15-11-7-4-8-12(13-11)16-10-6-3-2-5-9(10)14/h2-8,14H,1H3. The lowest BCUT2D eigenvalue weighted by atomic mass is 10.3. The van der Waals surface area contributed by atoms with Gasteiger partial charge in [0.25, 0.3) is 0 Å². The summed E-state index contributed by atoms with van der Waals surface area (Å²) in [7, 11) is 1.58. The van der Waals surface area contributed by atoms with Crippen LogP contribution < -0.4 is 4.74 Å². The van der Waals surface area contributed by atoms with Crippen molar-refractivity contribution in [3.8, 4) is 11.6 Å². The number of methoxy groups -OCH3 is 1. The van der Waals surface area contributed by atoms with Gasteiger partial charge in [0.2, 0.25) is 5.88 Å². The number of hydrogen-bond donors (Lipinski definition) is 1. The van der Waals surface area contributed by atoms with Crippen molar-refractivity contribution >= 4 is 11.8 Å². The van der Waals surface area contributed by atoms with Crippen molar-refractivity contribution in [3.05, 3.63) is 42.5 Å². The van der Waals surface area contributed by atoms with Gasteiger partial charge in [-0.05, 0) is 18.2 Å². The van der Waals surface area contributed by atoms with Gasteiger partial charge >= 0.3 is 0 Å². The first-order valence-electron chi connectivity index (χ1n) is 4.76. The maximum absolute atomic E-state index is 9.62. The molecule has 4 heteroatoms. The third-order valence-corrected chi connectivity index (χ3v) is 2.99. The van der Waals surface area contributed by atoms with E-state index in [1.165, 1.54) is 11.8 Å². The molecule has 3 nitrogen and oxygen atoms in total. The van der Waals surface area contributed by atoms with Crippen LogP contribution in [0.25, 0.3) is 0 Å². The van der Waals surface area contributed by atoms with E-state index in [1.54, 1.807) is 25.3 Å². The lowest BCUT2D eigenvalue weighted by Gasteiger charge is -2.04. The Morgan fingerprint density at radius 1 is 1.12 bits per heavy atom. The molecule has 1 N–H and O–H groups in total. The summed E-state index contributed by atoms with van der Waals surface area (Å²) in [6.45, 7) is 0. The number of aromatic hydroxyl groups is 1. The summed E-state index contributed by atoms with van der Waals surface area (Å²) in [6, 6.07) is 12.7. The van der Waals surface area contributed by atoms with Gasteiger partial charge in [0.15, 0.2) is 0 Å². The number of aromatic nitrogens is 1. The predicted molar refractivity (Wildman–Crippen MR) is 63.0 cm³/mol. The molecule has 0 spiro atoms. The van der Waals surface area contributed by atoms with Crippen molar-refractivity contribution in [3.63, 3.8) is 0 Å². The van der Waals surface area contributed by atoms with E-state index in [9.17, 15) is 5.11 Å². The molecule has 1 aromatic carbocycles. The van der Waals surface area contributed by atoms with Gasteiger partial charge in [-0.25, -0.2) is 4.98 Å². The zero-order chi connectivity index (χ0) is 11.4. The lowest BCUT2D eigenvalue weighted by molar-refractivity contribution is 0.394. The lowest BCUT2D eigenvalue weighted by Crippen LogP contribution is -1.87. The largest absolute Gasteiger partial charge is 0.507 e. The highest BCUT2D eigenvalue weighted by atomic mass is 32.2. The van der Waals surface area contributed by atoms with Gasteiger partial charge < -0.3 is 9.84 Å². The Morgan fingerprint density at radius 2 is 1.94 bits per heavy atom. The van der Waals surface area contributed by atoms with Gasteiger partial charge in [0.05, 0.1) is 12.0 Å². The Labute approximate surface area is 98.1 Å². The number of pyridine rings is 1. The molecule has 0 saturated carbocycles. The molecule has 0 saturated heterocycles. The molecule has 16 heavy (non-hydrogen) atoms. The average Bonchev–Trinajstić information content (AvgIpc) is 2.32. The summed E-state index contributed by atoms with van der Waals surface area (Å²) in [4.78, 5) is 5.04. The maximum atomic E-state index is 9.62. The van der Waals surface area contributed by atoms with Crippen LogP contribution in [0.4, 0.5) is 0 Å². The Bertz CT molecular complexity index is 488. The molecule has 82 valence electrons. The topological polar surface area (TPSA) is 42.4 Å². The highest BCUT2D eigenvalue weighted by molar-refractivity contribution is 7.99. The molecule has 2 aromatic rings. The van der Waals surface area contributed by atoms with Gasteiger partial charge in [0, 0.05) is 6.07 Å². The molecule has 0 unspecified atom stereocenters. The normalized spacial score (nSPS) is 10.1. The predicted octanol–water partition coefficient (Wildman–Crippen LogP) is 2.95. The van der Waals surface area contributed by atoms with Crippen LogP contribution in [0.3, 0.4) is 0 Å². The molecule has 0 bridgehead atoms. The van der Waals surface area contributed by atoms with E-state index in [0.717, 1.165) is 9.92 Å². The molecule has 0 aliphatic heterocycles. The highest BCUT2D eigenvalue weighted by Crippen LogP contribution is 2.33. The summed E-state index contributed by atoms with van der Waals surface area (Å²) in [5, 5.41) is 10.4. The fraction of sp³-hybridized carbons (Fsp3) is 0.0833. The third-order valence-electron chi connectivity index (χ3n) is 1.99. The monoisotopic (exact) mass is 233 g/mol. The summed E-state index contributed by atoms with van der Waals surface area (Å²) in [6.07, 6.45) is 0. The molecule has 0 aliphatic rings. The first-order valence-corrected chi connectivity index (χ1v) is 5.58. The van der Waals surface area contributed by atoms with E-state index in [2.05, 4.69) is 4.98 Å². The van der Waals surface area contributed by atoms with E-state index in [0.29, 0.717) is 5.88 Å². The average molecular weight is 233 g/mol. The zero-order valence-corrected chi connectivity index (χ0v) is 9.57. The van der Waals surface area contributed by atoms with Gasteiger partial charge in [-0.2, -0.15) is 0 Å². The van der Waals surface area contributed by atoms with Crippen molar-refractivity contribution in [2.24, 2.45) is 0 Å². The zero-order valence-electron chi connectivity index (χ0n) is 8.75. The number of rotatable bonds is 3. The first kappa shape index (κ1) is 10.8. The van der Waals surface area contributed by atoms with Crippen molar-refractivity contribution < 1.29 is 9.84 Å². The van der Waals surface area contributed by atoms with E-state index < -0.39 is 0 Å². The molecule has 0 fully saturated rings. The minimum atomic E-state index is 0.261. The van der Waals surface area contributed by atoms with Crippen LogP contribution in [0, 0.1) is 0 Å². The number of nitrogens with zero attached hydrogens (tertiary/aromatic N) is 1. The minimum absolute atomic E-state index is 0.261. The number of hydrogen-bond acceptors (Lipinski definition) is 4. The first-order chi connectivity index (χ1) is 7.79. The fourth-order valence-corrected chi connectivity index (χ4v) is 2.05. The smallest absolute Gasteiger partial charge is 0.213 e. The molecule has 0 atom stereocenters. The molecular weight excluding hydrogens is 222 g/mol. The van der Waals surface area contributed by atoms with E-state index >= 15 is 0 Å². The fourth-order valence-electron chi connectivity index (χ4n) is 1.22. The van der Waals surface area contributed by atoms with Crippen molar-refractivity contribution in [2.75, 3.05) is 7.11 Å². The number of phenols is 1. The molecule has 0 aliphatic carbocycles. The van der Waals surface area contributed by atoms with Crippen molar-refractivity contribution in [1.82, 2.24) is 4.98 Å². The van der Waals surface area contributed by atoms with E-state index in [-0.39, 0.29) is 5.75 Å². The van der Waals surface area contributed by atoms with Crippen molar-refractivity contribution in [1.29, 1.82) is 0 Å². The van der Waals surface area contributed by atoms with Crippen LogP contribution in [0.2, 0.25) is 0 Å².